The normalized spacial score (nSPS) is 23.5. The van der Waals surface area contributed by atoms with Gasteiger partial charge in [-0.3, -0.25) is 9.80 Å². The predicted octanol–water partition coefficient (Wildman–Crippen LogP) is 2.30. The molecule has 1 aromatic rings. The lowest BCUT2D eigenvalue weighted by atomic mass is 9.95. The smallest absolute Gasteiger partial charge is 0.243 e. The van der Waals surface area contributed by atoms with Crippen molar-refractivity contribution in [3.8, 4) is 0 Å². The van der Waals surface area contributed by atoms with E-state index in [-0.39, 0.29) is 6.04 Å². The number of ether oxygens (including phenoxy) is 1. The van der Waals surface area contributed by atoms with E-state index in [4.69, 9.17) is 9.26 Å². The first-order valence-electron chi connectivity index (χ1n) is 9.01. The van der Waals surface area contributed by atoms with Crippen molar-refractivity contribution in [2.45, 2.75) is 45.6 Å². The summed E-state index contributed by atoms with van der Waals surface area (Å²) in [4.78, 5) is 9.59. The van der Waals surface area contributed by atoms with Crippen molar-refractivity contribution in [1.82, 2.24) is 19.9 Å². The molecule has 0 radical (unpaired) electrons. The molecule has 23 heavy (non-hydrogen) atoms. The highest BCUT2D eigenvalue weighted by atomic mass is 16.5. The van der Waals surface area contributed by atoms with E-state index >= 15 is 0 Å². The number of rotatable bonds is 5. The Bertz CT molecular complexity index is 477. The Balaban J connectivity index is 1.47. The van der Waals surface area contributed by atoms with Crippen molar-refractivity contribution < 1.29 is 9.26 Å². The van der Waals surface area contributed by atoms with Crippen LogP contribution in [0, 0.1) is 5.92 Å². The van der Waals surface area contributed by atoms with Gasteiger partial charge in [-0.2, -0.15) is 4.98 Å². The van der Waals surface area contributed by atoms with E-state index in [2.05, 4.69) is 40.7 Å². The van der Waals surface area contributed by atoms with E-state index in [0.29, 0.717) is 5.92 Å². The number of nitrogens with zero attached hydrogens (tertiary/aromatic N) is 4. The average molecular weight is 322 g/mol. The molecule has 2 saturated heterocycles. The molecule has 130 valence electrons. The van der Waals surface area contributed by atoms with Gasteiger partial charge in [-0.15, -0.1) is 0 Å². The van der Waals surface area contributed by atoms with E-state index in [9.17, 15) is 0 Å². The fourth-order valence-electron chi connectivity index (χ4n) is 3.48. The number of morpholine rings is 1. The van der Waals surface area contributed by atoms with E-state index in [1.807, 2.05) is 0 Å². The summed E-state index contributed by atoms with van der Waals surface area (Å²) in [5.41, 5.74) is 0. The Kier molecular flexibility index (Phi) is 5.67. The zero-order valence-electron chi connectivity index (χ0n) is 14.7. The first-order valence-corrected chi connectivity index (χ1v) is 9.01. The van der Waals surface area contributed by atoms with E-state index < -0.39 is 0 Å². The fourth-order valence-corrected chi connectivity index (χ4v) is 3.48. The molecule has 1 aromatic heterocycles. The topological polar surface area (TPSA) is 54.6 Å². The van der Waals surface area contributed by atoms with Crippen molar-refractivity contribution in [2.24, 2.45) is 5.92 Å². The molecule has 0 N–H and O–H groups in total. The van der Waals surface area contributed by atoms with Gasteiger partial charge in [-0.25, -0.2) is 0 Å². The average Bonchev–Trinajstić information content (AvgIpc) is 3.06. The number of hydrogen-bond acceptors (Lipinski definition) is 6. The molecule has 0 saturated carbocycles. The molecule has 1 atom stereocenters. The highest BCUT2D eigenvalue weighted by Gasteiger charge is 2.28. The van der Waals surface area contributed by atoms with Crippen molar-refractivity contribution in [1.29, 1.82) is 0 Å². The lowest BCUT2D eigenvalue weighted by Crippen LogP contribution is -2.43. The molecule has 3 heterocycles. The molecule has 0 bridgehead atoms. The Hall–Kier alpha value is -0.980. The lowest BCUT2D eigenvalue weighted by Gasteiger charge is -2.37. The maximum absolute atomic E-state index is 5.46. The molecule has 0 aromatic carbocycles. The first-order chi connectivity index (χ1) is 11.1. The molecule has 0 amide bonds. The van der Waals surface area contributed by atoms with Crippen molar-refractivity contribution in [3.63, 3.8) is 0 Å². The van der Waals surface area contributed by atoms with Gasteiger partial charge < -0.3 is 9.26 Å². The summed E-state index contributed by atoms with van der Waals surface area (Å²) in [6.45, 7) is 13.8. The Morgan fingerprint density at radius 2 is 1.78 bits per heavy atom. The quantitative estimate of drug-likeness (QED) is 0.829. The van der Waals surface area contributed by atoms with Crippen LogP contribution in [-0.2, 0) is 4.74 Å². The lowest BCUT2D eigenvalue weighted by molar-refractivity contribution is 0.0217. The molecule has 2 fully saturated rings. The summed E-state index contributed by atoms with van der Waals surface area (Å²) < 4.78 is 10.9. The largest absolute Gasteiger partial charge is 0.379 e. The number of hydrogen-bond donors (Lipinski definition) is 0. The highest BCUT2D eigenvalue weighted by Crippen LogP contribution is 2.27. The fraction of sp³-hybridized carbons (Fsp3) is 0.882. The summed E-state index contributed by atoms with van der Waals surface area (Å²) >= 11 is 0. The molecule has 3 rings (SSSR count). The third-order valence-corrected chi connectivity index (χ3v) is 5.15. The minimum atomic E-state index is 0.222. The number of piperidine rings is 1. The predicted molar refractivity (Wildman–Crippen MR) is 88.4 cm³/mol. The van der Waals surface area contributed by atoms with Gasteiger partial charge in [0, 0.05) is 25.6 Å². The van der Waals surface area contributed by atoms with Gasteiger partial charge in [0.2, 0.25) is 5.89 Å². The minimum Gasteiger partial charge on any atom is -0.379 e. The van der Waals surface area contributed by atoms with Crippen LogP contribution in [0.15, 0.2) is 4.52 Å². The maximum atomic E-state index is 5.46. The van der Waals surface area contributed by atoms with E-state index in [0.717, 1.165) is 57.0 Å². The van der Waals surface area contributed by atoms with Crippen molar-refractivity contribution >= 4 is 0 Å². The molecule has 2 aliphatic rings. The number of aromatic nitrogens is 2. The summed E-state index contributed by atoms with van der Waals surface area (Å²) in [5, 5.41) is 4.09. The minimum absolute atomic E-state index is 0.222. The second kappa shape index (κ2) is 7.73. The Morgan fingerprint density at radius 3 is 2.39 bits per heavy atom. The maximum Gasteiger partial charge on any atom is 0.243 e. The van der Waals surface area contributed by atoms with Crippen LogP contribution in [0.25, 0.3) is 0 Å². The molecule has 6 heteroatoms. The van der Waals surface area contributed by atoms with Gasteiger partial charge in [0.15, 0.2) is 5.82 Å². The van der Waals surface area contributed by atoms with Crippen LogP contribution in [0.2, 0.25) is 0 Å². The second-order valence-electron chi connectivity index (χ2n) is 7.21. The van der Waals surface area contributed by atoms with Crippen LogP contribution in [0.1, 0.15) is 57.3 Å². The van der Waals surface area contributed by atoms with Gasteiger partial charge in [0.05, 0.1) is 19.3 Å². The van der Waals surface area contributed by atoms with Gasteiger partial charge in [-0.05, 0) is 38.8 Å². The van der Waals surface area contributed by atoms with Gasteiger partial charge in [0.25, 0.3) is 0 Å². The molecular formula is C17H30N4O2. The zero-order valence-corrected chi connectivity index (χ0v) is 14.7. The van der Waals surface area contributed by atoms with Crippen molar-refractivity contribution in [2.75, 3.05) is 45.9 Å². The van der Waals surface area contributed by atoms with Gasteiger partial charge in [0.1, 0.15) is 0 Å². The zero-order chi connectivity index (χ0) is 16.2. The molecule has 6 nitrogen and oxygen atoms in total. The standard InChI is InChI=1S/C17H30N4O2/c1-13(2)16-18-17(23-19-16)14(3)21-6-4-15(5-7-21)12-20-8-10-22-11-9-20/h13-15H,4-12H2,1-3H3. The molecule has 0 spiro atoms. The van der Waals surface area contributed by atoms with Crippen LogP contribution < -0.4 is 0 Å². The van der Waals surface area contributed by atoms with Crippen molar-refractivity contribution in [3.05, 3.63) is 11.7 Å². The number of likely N-dealkylation sites (tertiary alicyclic amines) is 1. The van der Waals surface area contributed by atoms with Crippen LogP contribution in [0.4, 0.5) is 0 Å². The summed E-state index contributed by atoms with van der Waals surface area (Å²) in [5.74, 6) is 2.71. The first kappa shape index (κ1) is 16.9. The molecule has 0 aliphatic carbocycles. The summed E-state index contributed by atoms with van der Waals surface area (Å²) in [7, 11) is 0. The Labute approximate surface area is 139 Å². The van der Waals surface area contributed by atoms with Gasteiger partial charge in [-0.1, -0.05) is 19.0 Å². The third-order valence-electron chi connectivity index (χ3n) is 5.15. The Morgan fingerprint density at radius 1 is 1.09 bits per heavy atom. The molecule has 1 unspecified atom stereocenters. The molecule has 2 aliphatic heterocycles. The third kappa shape index (κ3) is 4.31. The van der Waals surface area contributed by atoms with Crippen LogP contribution >= 0.6 is 0 Å². The SMILES string of the molecule is CC(C)c1noc(C(C)N2CCC(CN3CCOCC3)CC2)n1. The van der Waals surface area contributed by atoms with Gasteiger partial charge >= 0.3 is 0 Å². The monoisotopic (exact) mass is 322 g/mol. The van der Waals surface area contributed by atoms with Crippen LogP contribution in [0.5, 0.6) is 0 Å². The van der Waals surface area contributed by atoms with Crippen LogP contribution in [-0.4, -0.2) is 65.9 Å². The second-order valence-corrected chi connectivity index (χ2v) is 7.21. The van der Waals surface area contributed by atoms with E-state index in [1.165, 1.54) is 19.4 Å². The molecular weight excluding hydrogens is 292 g/mol. The highest BCUT2D eigenvalue weighted by molar-refractivity contribution is 4.96. The summed E-state index contributed by atoms with van der Waals surface area (Å²) in [6.07, 6.45) is 2.51. The van der Waals surface area contributed by atoms with E-state index in [1.54, 1.807) is 0 Å². The van der Waals surface area contributed by atoms with Crippen LogP contribution in [0.3, 0.4) is 0 Å². The summed E-state index contributed by atoms with van der Waals surface area (Å²) in [6, 6.07) is 0.222.